The van der Waals surface area contributed by atoms with Gasteiger partial charge in [0.1, 0.15) is 17.7 Å². The second-order valence-electron chi connectivity index (χ2n) is 11.4. The van der Waals surface area contributed by atoms with Crippen molar-refractivity contribution in [1.29, 1.82) is 0 Å². The molecule has 6 rings (SSSR count). The van der Waals surface area contributed by atoms with Gasteiger partial charge in [-0.2, -0.15) is 9.97 Å². The van der Waals surface area contributed by atoms with Crippen LogP contribution in [0.2, 0.25) is 5.02 Å². The number of amides is 1. The Morgan fingerprint density at radius 2 is 1.81 bits per heavy atom. The summed E-state index contributed by atoms with van der Waals surface area (Å²) in [4.78, 5) is 23.4. The molecule has 3 unspecified atom stereocenters. The predicted molar refractivity (Wildman–Crippen MR) is 166 cm³/mol. The van der Waals surface area contributed by atoms with Crippen LogP contribution in [-0.4, -0.2) is 37.6 Å². The first kappa shape index (κ1) is 28.2. The lowest BCUT2D eigenvalue weighted by Gasteiger charge is -2.28. The number of hydrogen-bond donors (Lipinski definition) is 4. The third kappa shape index (κ3) is 6.77. The number of halogens is 1. The lowest BCUT2D eigenvalue weighted by atomic mass is 9.84. The van der Waals surface area contributed by atoms with Crippen LogP contribution >= 0.6 is 11.6 Å². The van der Waals surface area contributed by atoms with Crippen molar-refractivity contribution in [3.8, 4) is 5.82 Å². The van der Waals surface area contributed by atoms with E-state index in [0.29, 0.717) is 47.9 Å². The van der Waals surface area contributed by atoms with E-state index < -0.39 is 12.1 Å². The van der Waals surface area contributed by atoms with E-state index in [0.717, 1.165) is 29.5 Å². The van der Waals surface area contributed by atoms with E-state index in [1.165, 1.54) is 19.3 Å². The first-order valence-corrected chi connectivity index (χ1v) is 15.2. The van der Waals surface area contributed by atoms with Crippen molar-refractivity contribution < 1.29 is 9.90 Å². The number of aromatic nitrogens is 3. The van der Waals surface area contributed by atoms with E-state index in [-0.39, 0.29) is 11.9 Å². The molecule has 0 aliphatic heterocycles. The Balaban J connectivity index is 1.24. The number of rotatable bonds is 10. The zero-order chi connectivity index (χ0) is 28.9. The molecule has 42 heavy (non-hydrogen) atoms. The number of anilines is 2. The highest BCUT2D eigenvalue weighted by Gasteiger charge is 2.34. The van der Waals surface area contributed by atoms with Gasteiger partial charge in [-0.15, -0.1) is 0 Å². The number of benzene rings is 2. The van der Waals surface area contributed by atoms with Gasteiger partial charge in [0.15, 0.2) is 0 Å². The number of carbonyl (C=O) groups is 1. The number of aliphatic hydroxyl groups excluding tert-OH is 1. The molecule has 218 valence electrons. The van der Waals surface area contributed by atoms with Gasteiger partial charge in [0.05, 0.1) is 12.1 Å². The lowest BCUT2D eigenvalue weighted by Crippen LogP contribution is -2.47. The van der Waals surface area contributed by atoms with Crippen LogP contribution in [0.4, 0.5) is 11.8 Å². The molecule has 0 spiro atoms. The Morgan fingerprint density at radius 1 is 1.00 bits per heavy atom. The molecule has 0 saturated heterocycles. The van der Waals surface area contributed by atoms with Crippen molar-refractivity contribution in [2.45, 2.75) is 69.7 Å². The highest BCUT2D eigenvalue weighted by Crippen LogP contribution is 2.32. The van der Waals surface area contributed by atoms with E-state index in [2.05, 4.69) is 16.0 Å². The molecule has 2 heterocycles. The van der Waals surface area contributed by atoms with Crippen LogP contribution in [0.25, 0.3) is 5.82 Å². The summed E-state index contributed by atoms with van der Waals surface area (Å²) in [6.45, 7) is 0.501. The lowest BCUT2D eigenvalue weighted by molar-refractivity contribution is -0.123. The summed E-state index contributed by atoms with van der Waals surface area (Å²) < 4.78 is 1.92. The van der Waals surface area contributed by atoms with Crippen LogP contribution in [0.5, 0.6) is 0 Å². The predicted octanol–water partition coefficient (Wildman–Crippen LogP) is 6.06. The van der Waals surface area contributed by atoms with E-state index in [1.807, 2.05) is 83.7 Å². The zero-order valence-corrected chi connectivity index (χ0v) is 24.3. The van der Waals surface area contributed by atoms with Gasteiger partial charge in [-0.1, -0.05) is 80.1 Å². The summed E-state index contributed by atoms with van der Waals surface area (Å²) in [6, 6.07) is 20.4. The summed E-state index contributed by atoms with van der Waals surface area (Å²) in [5.41, 5.74) is 2.98. The summed E-state index contributed by atoms with van der Waals surface area (Å²) in [7, 11) is 0. The number of nitrogens with one attached hydrogen (secondary N) is 3. The van der Waals surface area contributed by atoms with Gasteiger partial charge in [-0.3, -0.25) is 4.79 Å². The molecule has 4 aromatic rings. The van der Waals surface area contributed by atoms with Crippen LogP contribution < -0.4 is 16.0 Å². The van der Waals surface area contributed by atoms with Crippen LogP contribution in [0.1, 0.15) is 61.3 Å². The maximum atomic E-state index is 13.9. The van der Waals surface area contributed by atoms with Crippen molar-refractivity contribution in [3.05, 3.63) is 101 Å². The highest BCUT2D eigenvalue weighted by molar-refractivity contribution is 6.30. The average Bonchev–Trinajstić information content (AvgIpc) is 3.65. The minimum absolute atomic E-state index is 0.119. The molecule has 2 aromatic carbocycles. The topological polar surface area (TPSA) is 104 Å². The van der Waals surface area contributed by atoms with E-state index in [4.69, 9.17) is 21.6 Å². The molecule has 1 amide bonds. The molecule has 1 saturated carbocycles. The maximum absolute atomic E-state index is 13.9. The van der Waals surface area contributed by atoms with Gasteiger partial charge >= 0.3 is 0 Å². The minimum Gasteiger partial charge on any atom is -0.386 e. The van der Waals surface area contributed by atoms with Gasteiger partial charge in [0, 0.05) is 30.0 Å². The monoisotopic (exact) mass is 584 g/mol. The fourth-order valence-electron chi connectivity index (χ4n) is 6.19. The number of fused-ring (bicyclic) bond motifs is 1. The number of aliphatic hydroxyl groups is 1. The zero-order valence-electron chi connectivity index (χ0n) is 23.5. The molecule has 9 heteroatoms. The summed E-state index contributed by atoms with van der Waals surface area (Å²) in [6.07, 6.45) is 10.3. The Labute approximate surface area is 251 Å². The maximum Gasteiger partial charge on any atom is 0.242 e. The van der Waals surface area contributed by atoms with Crippen LogP contribution in [0.15, 0.2) is 79.1 Å². The standard InChI is InChI=1S/C33H37ClN6O2/c34-25-13-8-11-23(17-25)21-35-33-38-29(20-30(39-33)40-15-6-7-16-40)36-28(18-22-9-2-1-3-10-22)32(42)37-27-19-24-12-4-5-14-26(24)31(27)41/h4-8,11-17,20,22,27-28,31,41H,1-3,9-10,18-19,21H2,(H,37,42)(H2,35,36,38,39). The highest BCUT2D eigenvalue weighted by atomic mass is 35.5. The Hall–Kier alpha value is -3.88. The molecule has 0 bridgehead atoms. The van der Waals surface area contributed by atoms with Gasteiger partial charge in [-0.25, -0.2) is 0 Å². The largest absolute Gasteiger partial charge is 0.386 e. The quantitative estimate of drug-likeness (QED) is 0.181. The van der Waals surface area contributed by atoms with Gasteiger partial charge < -0.3 is 25.6 Å². The minimum atomic E-state index is -0.720. The number of hydrogen-bond acceptors (Lipinski definition) is 6. The van der Waals surface area contributed by atoms with Crippen molar-refractivity contribution in [2.75, 3.05) is 10.6 Å². The summed E-state index contributed by atoms with van der Waals surface area (Å²) in [5.74, 6) is 2.03. The van der Waals surface area contributed by atoms with Gasteiger partial charge in [-0.05, 0) is 59.7 Å². The van der Waals surface area contributed by atoms with Gasteiger partial charge in [0.25, 0.3) is 0 Å². The molecule has 2 aliphatic rings. The smallest absolute Gasteiger partial charge is 0.242 e. The SMILES string of the molecule is O=C(NC1Cc2ccccc2C1O)C(CC1CCCCC1)Nc1cc(-n2cccc2)nc(NCc2cccc(Cl)c2)n1. The molecule has 4 N–H and O–H groups in total. The second-order valence-corrected chi connectivity index (χ2v) is 11.8. The van der Waals surface area contributed by atoms with E-state index in [9.17, 15) is 9.90 Å². The van der Waals surface area contributed by atoms with Gasteiger partial charge in [0.2, 0.25) is 11.9 Å². The Bertz CT molecular complexity index is 1500. The normalized spacial score (nSPS) is 19.2. The molecule has 8 nitrogen and oxygen atoms in total. The molecule has 0 radical (unpaired) electrons. The molecular formula is C33H37ClN6O2. The van der Waals surface area contributed by atoms with Crippen LogP contribution in [-0.2, 0) is 17.8 Å². The molecule has 1 fully saturated rings. The van der Waals surface area contributed by atoms with Crippen molar-refractivity contribution in [2.24, 2.45) is 5.92 Å². The molecular weight excluding hydrogens is 548 g/mol. The molecule has 2 aliphatic carbocycles. The van der Waals surface area contributed by atoms with E-state index >= 15 is 0 Å². The third-order valence-corrected chi connectivity index (χ3v) is 8.61. The van der Waals surface area contributed by atoms with Crippen LogP contribution in [0.3, 0.4) is 0 Å². The number of carbonyl (C=O) groups excluding carboxylic acids is 1. The second kappa shape index (κ2) is 13.0. The molecule has 3 atom stereocenters. The summed E-state index contributed by atoms with van der Waals surface area (Å²) in [5, 5.41) is 21.6. The Morgan fingerprint density at radius 3 is 2.60 bits per heavy atom. The van der Waals surface area contributed by atoms with Crippen LogP contribution in [0, 0.1) is 5.92 Å². The first-order valence-electron chi connectivity index (χ1n) is 14.9. The average molecular weight is 585 g/mol. The fourth-order valence-corrected chi connectivity index (χ4v) is 6.40. The van der Waals surface area contributed by atoms with Crippen molar-refractivity contribution in [1.82, 2.24) is 19.9 Å². The number of nitrogens with zero attached hydrogens (tertiary/aromatic N) is 3. The summed E-state index contributed by atoms with van der Waals surface area (Å²) >= 11 is 6.18. The Kier molecular flexibility index (Phi) is 8.72. The molecule has 2 aromatic heterocycles. The van der Waals surface area contributed by atoms with Crippen molar-refractivity contribution >= 4 is 29.3 Å². The third-order valence-electron chi connectivity index (χ3n) is 8.38. The van der Waals surface area contributed by atoms with Crippen molar-refractivity contribution in [3.63, 3.8) is 0 Å². The fraction of sp³-hybridized carbons (Fsp3) is 0.364. The van der Waals surface area contributed by atoms with E-state index in [1.54, 1.807) is 0 Å². The first-order chi connectivity index (χ1) is 20.5.